The predicted octanol–water partition coefficient (Wildman–Crippen LogP) is 5.23. The Morgan fingerprint density at radius 2 is 1.12 bits per heavy atom. The molecule has 144 valence electrons. The highest BCUT2D eigenvalue weighted by molar-refractivity contribution is 7.72. The van der Waals surface area contributed by atoms with Crippen LogP contribution in [0.25, 0.3) is 0 Å². The van der Waals surface area contributed by atoms with Gasteiger partial charge in [0, 0.05) is 0 Å². The predicted molar refractivity (Wildman–Crippen MR) is 97.5 cm³/mol. The van der Waals surface area contributed by atoms with Gasteiger partial charge in [0.25, 0.3) is 0 Å². The number of rotatable bonds is 12. The minimum Gasteiger partial charge on any atom is -0.497 e. The maximum Gasteiger partial charge on any atom is 0.350 e. The van der Waals surface area contributed by atoms with E-state index in [0.717, 1.165) is 0 Å². The van der Waals surface area contributed by atoms with E-state index in [9.17, 15) is 9.13 Å². The molecule has 0 heterocycles. The van der Waals surface area contributed by atoms with Gasteiger partial charge in [0.2, 0.25) is 0 Å². The lowest BCUT2D eigenvalue weighted by molar-refractivity contribution is 0.195. The molecule has 0 saturated carbocycles. The van der Waals surface area contributed by atoms with E-state index in [0.29, 0.717) is 11.3 Å². The topological polar surface area (TPSA) is 80.3 Å². The van der Waals surface area contributed by atoms with E-state index in [1.807, 2.05) is 0 Å². The van der Waals surface area contributed by atoms with Crippen molar-refractivity contribution in [1.82, 2.24) is 0 Å². The third-order valence-electron chi connectivity index (χ3n) is 3.25. The van der Waals surface area contributed by atoms with Gasteiger partial charge in [-0.05, 0) is 45.4 Å². The van der Waals surface area contributed by atoms with Gasteiger partial charge in [0.05, 0.1) is 33.5 Å². The van der Waals surface area contributed by atoms with E-state index in [-0.39, 0.29) is 26.4 Å². The molecule has 0 saturated heterocycles. The summed E-state index contributed by atoms with van der Waals surface area (Å²) in [6.07, 6.45) is 0. The molecule has 1 aromatic carbocycles. The second kappa shape index (κ2) is 10.5. The van der Waals surface area contributed by atoms with Gasteiger partial charge < -0.3 is 22.8 Å². The van der Waals surface area contributed by atoms with Gasteiger partial charge in [0.1, 0.15) is 5.75 Å². The van der Waals surface area contributed by atoms with E-state index in [2.05, 4.69) is 0 Å². The van der Waals surface area contributed by atoms with E-state index >= 15 is 0 Å². The van der Waals surface area contributed by atoms with Gasteiger partial charge in [-0.25, -0.2) is 0 Å². The van der Waals surface area contributed by atoms with Gasteiger partial charge in [-0.2, -0.15) is 0 Å². The molecule has 7 nitrogen and oxygen atoms in total. The molecule has 0 radical (unpaired) electrons. The van der Waals surface area contributed by atoms with Crippen molar-refractivity contribution in [2.75, 3.05) is 33.5 Å². The van der Waals surface area contributed by atoms with Crippen LogP contribution < -0.4 is 4.74 Å². The Labute approximate surface area is 150 Å². The van der Waals surface area contributed by atoms with Crippen molar-refractivity contribution < 1.29 is 32.0 Å². The van der Waals surface area contributed by atoms with Gasteiger partial charge in [-0.3, -0.25) is 9.13 Å². The Kier molecular flexibility index (Phi) is 9.36. The van der Waals surface area contributed by atoms with Crippen LogP contribution in [0.5, 0.6) is 5.75 Å². The summed E-state index contributed by atoms with van der Waals surface area (Å²) < 4.78 is 53.9. The molecule has 0 aliphatic rings. The molecule has 0 atom stereocenters. The summed E-state index contributed by atoms with van der Waals surface area (Å²) in [7, 11) is -6.07. The average Bonchev–Trinajstić information content (AvgIpc) is 2.56. The monoisotopic (exact) mass is 394 g/mol. The first-order chi connectivity index (χ1) is 11.9. The van der Waals surface area contributed by atoms with Crippen LogP contribution in [0.4, 0.5) is 0 Å². The third kappa shape index (κ3) is 5.65. The standard InChI is InChI=1S/C16H28O7P2/c1-6-20-24(17,21-7-2)16(25(18,22-8-3)23-9-4)14-10-12-15(19-5)13-11-14/h10-13,16H,6-9H2,1-5H3. The lowest BCUT2D eigenvalue weighted by Crippen LogP contribution is -2.11. The highest BCUT2D eigenvalue weighted by Gasteiger charge is 2.51. The fraction of sp³-hybridized carbons (Fsp3) is 0.625. The zero-order valence-corrected chi connectivity index (χ0v) is 17.3. The van der Waals surface area contributed by atoms with E-state index < -0.39 is 20.6 Å². The minimum atomic E-state index is -3.81. The summed E-state index contributed by atoms with van der Waals surface area (Å²) in [5, 5.41) is -1.18. The normalized spacial score (nSPS) is 12.6. The van der Waals surface area contributed by atoms with Crippen LogP contribution in [0.3, 0.4) is 0 Å². The smallest absolute Gasteiger partial charge is 0.350 e. The summed E-state index contributed by atoms with van der Waals surface area (Å²) in [5.41, 5.74) is 0.483. The molecule has 1 rings (SSSR count). The van der Waals surface area contributed by atoms with E-state index in [1.54, 1.807) is 59.1 Å². The van der Waals surface area contributed by atoms with Gasteiger partial charge in [-0.15, -0.1) is 0 Å². The Morgan fingerprint density at radius 1 is 0.760 bits per heavy atom. The van der Waals surface area contributed by atoms with Gasteiger partial charge in [0.15, 0.2) is 5.40 Å². The SMILES string of the molecule is CCOP(=O)(OCC)C(c1ccc(OC)cc1)P(=O)(OCC)OCC. The van der Waals surface area contributed by atoms with Crippen molar-refractivity contribution in [3.05, 3.63) is 29.8 Å². The van der Waals surface area contributed by atoms with Crippen LogP contribution >= 0.6 is 15.2 Å². The first kappa shape index (κ1) is 22.4. The van der Waals surface area contributed by atoms with Crippen molar-refractivity contribution in [1.29, 1.82) is 0 Å². The third-order valence-corrected chi connectivity index (χ3v) is 9.21. The fourth-order valence-electron chi connectivity index (χ4n) is 2.39. The molecule has 1 aromatic rings. The second-order valence-corrected chi connectivity index (χ2v) is 9.53. The summed E-state index contributed by atoms with van der Waals surface area (Å²) in [6, 6.07) is 6.71. The lowest BCUT2D eigenvalue weighted by Gasteiger charge is -2.31. The maximum absolute atomic E-state index is 13.5. The molecule has 9 heteroatoms. The Bertz CT molecular complexity index is 553. The first-order valence-electron chi connectivity index (χ1n) is 8.32. The summed E-state index contributed by atoms with van der Waals surface area (Å²) in [6.45, 7) is 7.35. The fourth-order valence-corrected chi connectivity index (χ4v) is 7.80. The largest absolute Gasteiger partial charge is 0.497 e. The minimum absolute atomic E-state index is 0.141. The molecule has 0 aliphatic heterocycles. The molecular formula is C16H28O7P2. The second-order valence-electron chi connectivity index (χ2n) is 4.90. The molecule has 0 spiro atoms. The van der Waals surface area contributed by atoms with Crippen LogP contribution in [0, 0.1) is 0 Å². The number of methoxy groups -OCH3 is 1. The highest BCUT2D eigenvalue weighted by Crippen LogP contribution is 2.78. The lowest BCUT2D eigenvalue weighted by atomic mass is 10.2. The molecular weight excluding hydrogens is 366 g/mol. The van der Waals surface area contributed by atoms with Gasteiger partial charge in [-0.1, -0.05) is 12.1 Å². The van der Waals surface area contributed by atoms with Crippen molar-refractivity contribution in [2.24, 2.45) is 0 Å². The summed E-state index contributed by atoms with van der Waals surface area (Å²) in [5.74, 6) is 0.618. The molecule has 0 bridgehead atoms. The molecule has 0 aromatic heterocycles. The molecule has 25 heavy (non-hydrogen) atoms. The average molecular weight is 394 g/mol. The Morgan fingerprint density at radius 3 is 1.40 bits per heavy atom. The van der Waals surface area contributed by atoms with Crippen molar-refractivity contribution in [3.8, 4) is 5.75 Å². The molecule has 0 amide bonds. The van der Waals surface area contributed by atoms with Crippen LogP contribution in [-0.4, -0.2) is 33.5 Å². The molecule has 0 unspecified atom stereocenters. The quantitative estimate of drug-likeness (QED) is 0.449. The van der Waals surface area contributed by atoms with Crippen molar-refractivity contribution in [2.45, 2.75) is 33.1 Å². The Hall–Kier alpha value is -0.680. The zero-order valence-electron chi connectivity index (χ0n) is 15.5. The van der Waals surface area contributed by atoms with Crippen LogP contribution in [0.2, 0.25) is 0 Å². The zero-order chi connectivity index (χ0) is 18.9. The van der Waals surface area contributed by atoms with E-state index in [1.165, 1.54) is 0 Å². The summed E-state index contributed by atoms with van der Waals surface area (Å²) >= 11 is 0. The van der Waals surface area contributed by atoms with Crippen molar-refractivity contribution in [3.63, 3.8) is 0 Å². The number of hydrogen-bond donors (Lipinski definition) is 0. The van der Waals surface area contributed by atoms with Gasteiger partial charge >= 0.3 is 15.2 Å². The van der Waals surface area contributed by atoms with Crippen molar-refractivity contribution >= 4 is 15.2 Å². The molecule has 0 aliphatic carbocycles. The number of hydrogen-bond acceptors (Lipinski definition) is 7. The maximum atomic E-state index is 13.5. The van der Waals surface area contributed by atoms with Crippen LogP contribution in [-0.2, 0) is 27.2 Å². The molecule has 0 fully saturated rings. The Balaban J connectivity index is 3.52. The summed E-state index contributed by atoms with van der Waals surface area (Å²) in [4.78, 5) is 0. The van der Waals surface area contributed by atoms with E-state index in [4.69, 9.17) is 22.8 Å². The van der Waals surface area contributed by atoms with Crippen LogP contribution in [0.15, 0.2) is 24.3 Å². The number of benzene rings is 1. The first-order valence-corrected chi connectivity index (χ1v) is 11.5. The molecule has 0 N–H and O–H groups in total. The number of ether oxygens (including phenoxy) is 1. The van der Waals surface area contributed by atoms with Crippen LogP contribution in [0.1, 0.15) is 38.7 Å². The highest BCUT2D eigenvalue weighted by atomic mass is 31.2.